The third-order valence-electron chi connectivity index (χ3n) is 7.18. The predicted molar refractivity (Wildman–Crippen MR) is 153 cm³/mol. The molecule has 214 valence electrons. The summed E-state index contributed by atoms with van der Waals surface area (Å²) in [7, 11) is 0. The number of ether oxygens (including phenoxy) is 2. The lowest BCUT2D eigenvalue weighted by Crippen LogP contribution is -2.26. The molecule has 0 aromatic carbocycles. The maximum absolute atomic E-state index is 12.5. The zero-order chi connectivity index (χ0) is 27.0. The fourth-order valence-corrected chi connectivity index (χ4v) is 4.87. The van der Waals surface area contributed by atoms with Gasteiger partial charge < -0.3 is 9.47 Å². The van der Waals surface area contributed by atoms with Crippen LogP contribution in [0.5, 0.6) is 0 Å². The van der Waals surface area contributed by atoms with E-state index >= 15 is 0 Å². The van der Waals surface area contributed by atoms with E-state index in [-0.39, 0.29) is 17.9 Å². The highest BCUT2D eigenvalue weighted by molar-refractivity contribution is 5.72. The molecule has 0 aromatic heterocycles. The molecule has 2 unspecified atom stereocenters. The highest BCUT2D eigenvalue weighted by Gasteiger charge is 2.26. The van der Waals surface area contributed by atoms with Gasteiger partial charge in [0.2, 0.25) is 0 Å². The van der Waals surface area contributed by atoms with E-state index in [0.717, 1.165) is 32.1 Å². The molecule has 0 aliphatic rings. The molecule has 0 fully saturated rings. The number of hydrogen-bond donors (Lipinski definition) is 0. The van der Waals surface area contributed by atoms with Crippen LogP contribution < -0.4 is 0 Å². The molecule has 0 spiro atoms. The Balaban J connectivity index is 3.55. The first-order chi connectivity index (χ1) is 17.3. The quantitative estimate of drug-likeness (QED) is 0.0906. The summed E-state index contributed by atoms with van der Waals surface area (Å²) in [4.78, 5) is 24.0. The van der Waals surface area contributed by atoms with Gasteiger partial charge in [0.05, 0.1) is 19.1 Å². The van der Waals surface area contributed by atoms with Crippen LogP contribution in [0.1, 0.15) is 157 Å². The minimum atomic E-state index is -0.0295. The van der Waals surface area contributed by atoms with Crippen LogP contribution in [0.25, 0.3) is 0 Å². The standard InChI is InChI=1S/C32H62O4/c1-7-29(30(8-2)32(34)36-26-28(5)6)23-21-19-17-15-13-11-9-10-12-14-16-18-20-22-24-31(33)35-25-27(3)4/h27-30H,7-26H2,1-6H3. The van der Waals surface area contributed by atoms with Crippen LogP contribution in [-0.2, 0) is 19.1 Å². The van der Waals surface area contributed by atoms with Crippen molar-refractivity contribution in [1.29, 1.82) is 0 Å². The van der Waals surface area contributed by atoms with Crippen LogP contribution in [0.15, 0.2) is 0 Å². The van der Waals surface area contributed by atoms with Gasteiger partial charge in [-0.25, -0.2) is 0 Å². The zero-order valence-corrected chi connectivity index (χ0v) is 25.1. The Hall–Kier alpha value is -1.06. The third-order valence-corrected chi connectivity index (χ3v) is 7.18. The Morgan fingerprint density at radius 1 is 0.556 bits per heavy atom. The highest BCUT2D eigenvalue weighted by atomic mass is 16.5. The van der Waals surface area contributed by atoms with Gasteiger partial charge in [-0.3, -0.25) is 9.59 Å². The van der Waals surface area contributed by atoms with E-state index in [1.54, 1.807) is 0 Å². The number of carbonyl (C=O) groups excluding carboxylic acids is 2. The summed E-state index contributed by atoms with van der Waals surface area (Å²) in [6, 6.07) is 0. The van der Waals surface area contributed by atoms with Gasteiger partial charge in [0.15, 0.2) is 0 Å². The molecule has 0 heterocycles. The average molecular weight is 511 g/mol. The topological polar surface area (TPSA) is 52.6 Å². The predicted octanol–water partition coefficient (Wildman–Crippen LogP) is 9.68. The zero-order valence-electron chi connectivity index (χ0n) is 25.1. The average Bonchev–Trinajstić information content (AvgIpc) is 2.85. The summed E-state index contributed by atoms with van der Waals surface area (Å²) in [5.74, 6) is 1.37. The molecule has 0 N–H and O–H groups in total. The molecule has 36 heavy (non-hydrogen) atoms. The van der Waals surface area contributed by atoms with Crippen molar-refractivity contribution in [3.8, 4) is 0 Å². The van der Waals surface area contributed by atoms with Crippen LogP contribution in [0, 0.1) is 23.7 Å². The highest BCUT2D eigenvalue weighted by Crippen LogP contribution is 2.27. The van der Waals surface area contributed by atoms with Gasteiger partial charge >= 0.3 is 11.9 Å². The Bertz CT molecular complexity index is 514. The molecule has 0 saturated carbocycles. The van der Waals surface area contributed by atoms with E-state index < -0.39 is 0 Å². The van der Waals surface area contributed by atoms with E-state index in [9.17, 15) is 9.59 Å². The van der Waals surface area contributed by atoms with Crippen molar-refractivity contribution in [2.75, 3.05) is 13.2 Å². The first-order valence-electron chi connectivity index (χ1n) is 15.6. The summed E-state index contributed by atoms with van der Waals surface area (Å²) >= 11 is 0. The van der Waals surface area contributed by atoms with Crippen LogP contribution in [0.2, 0.25) is 0 Å². The van der Waals surface area contributed by atoms with Gasteiger partial charge in [-0.05, 0) is 37.0 Å². The first-order valence-corrected chi connectivity index (χ1v) is 15.6. The summed E-state index contributed by atoms with van der Waals surface area (Å²) in [6.45, 7) is 13.8. The monoisotopic (exact) mass is 510 g/mol. The van der Waals surface area contributed by atoms with E-state index in [2.05, 4.69) is 41.5 Å². The van der Waals surface area contributed by atoms with Crippen LogP contribution >= 0.6 is 0 Å². The Morgan fingerprint density at radius 3 is 1.39 bits per heavy atom. The molecule has 4 heteroatoms. The van der Waals surface area contributed by atoms with Crippen LogP contribution in [-0.4, -0.2) is 25.2 Å². The maximum Gasteiger partial charge on any atom is 0.309 e. The van der Waals surface area contributed by atoms with Crippen molar-refractivity contribution >= 4 is 11.9 Å². The molecule has 0 bridgehead atoms. The van der Waals surface area contributed by atoms with Crippen molar-refractivity contribution in [3.05, 3.63) is 0 Å². The maximum atomic E-state index is 12.5. The summed E-state index contributed by atoms with van der Waals surface area (Å²) < 4.78 is 10.8. The second kappa shape index (κ2) is 24.3. The molecule has 0 radical (unpaired) electrons. The Morgan fingerprint density at radius 2 is 0.972 bits per heavy atom. The third kappa shape index (κ3) is 21.1. The molecule has 0 aromatic rings. The van der Waals surface area contributed by atoms with Crippen molar-refractivity contribution in [1.82, 2.24) is 0 Å². The van der Waals surface area contributed by atoms with Crippen molar-refractivity contribution in [3.63, 3.8) is 0 Å². The lowest BCUT2D eigenvalue weighted by Gasteiger charge is -2.24. The van der Waals surface area contributed by atoms with E-state index in [1.165, 1.54) is 77.0 Å². The normalized spacial score (nSPS) is 13.2. The van der Waals surface area contributed by atoms with Gasteiger partial charge in [0.25, 0.3) is 0 Å². The fraction of sp³-hybridized carbons (Fsp3) is 0.938. The number of esters is 2. The first kappa shape index (κ1) is 34.9. The van der Waals surface area contributed by atoms with Crippen molar-refractivity contribution < 1.29 is 19.1 Å². The Labute approximate surface area is 225 Å². The SMILES string of the molecule is CCC(CCCCCCCCCCCCCCCCC(=O)OCC(C)C)C(CC)C(=O)OCC(C)C. The molecule has 0 rings (SSSR count). The summed E-state index contributed by atoms with van der Waals surface area (Å²) in [5, 5.41) is 0. The number of rotatable bonds is 25. The minimum Gasteiger partial charge on any atom is -0.465 e. The molecule has 0 saturated heterocycles. The van der Waals surface area contributed by atoms with E-state index in [0.29, 0.717) is 37.4 Å². The molecule has 4 nitrogen and oxygen atoms in total. The Kier molecular flexibility index (Phi) is 23.6. The lowest BCUT2D eigenvalue weighted by molar-refractivity contribution is -0.152. The second-order valence-electron chi connectivity index (χ2n) is 11.8. The number of carbonyl (C=O) groups is 2. The van der Waals surface area contributed by atoms with E-state index in [4.69, 9.17) is 9.47 Å². The van der Waals surface area contributed by atoms with Crippen LogP contribution in [0.4, 0.5) is 0 Å². The minimum absolute atomic E-state index is 0.0251. The summed E-state index contributed by atoms with van der Waals surface area (Å²) in [6.07, 6.45) is 21.8. The second-order valence-corrected chi connectivity index (χ2v) is 11.8. The van der Waals surface area contributed by atoms with Gasteiger partial charge in [-0.2, -0.15) is 0 Å². The molecule has 2 atom stereocenters. The van der Waals surface area contributed by atoms with Crippen molar-refractivity contribution in [2.24, 2.45) is 23.7 Å². The van der Waals surface area contributed by atoms with Gasteiger partial charge in [-0.1, -0.05) is 131 Å². The molecule has 0 aliphatic carbocycles. The molecule has 0 amide bonds. The fourth-order valence-electron chi connectivity index (χ4n) is 4.87. The van der Waals surface area contributed by atoms with Gasteiger partial charge in [0, 0.05) is 6.42 Å². The van der Waals surface area contributed by atoms with Gasteiger partial charge in [-0.15, -0.1) is 0 Å². The van der Waals surface area contributed by atoms with Crippen LogP contribution in [0.3, 0.4) is 0 Å². The van der Waals surface area contributed by atoms with Crippen molar-refractivity contribution in [2.45, 2.75) is 157 Å². The lowest BCUT2D eigenvalue weighted by atomic mass is 9.84. The molecular weight excluding hydrogens is 448 g/mol. The summed E-state index contributed by atoms with van der Waals surface area (Å²) in [5.41, 5.74) is 0. The van der Waals surface area contributed by atoms with E-state index in [1.807, 2.05) is 0 Å². The number of unbranched alkanes of at least 4 members (excludes halogenated alkanes) is 13. The smallest absolute Gasteiger partial charge is 0.309 e. The molecular formula is C32H62O4. The van der Waals surface area contributed by atoms with Gasteiger partial charge in [0.1, 0.15) is 0 Å². The molecule has 0 aliphatic heterocycles. The largest absolute Gasteiger partial charge is 0.465 e. The number of hydrogen-bond acceptors (Lipinski definition) is 4.